The van der Waals surface area contributed by atoms with Gasteiger partial charge in [0.15, 0.2) is 0 Å². The molecule has 10 heteroatoms. The van der Waals surface area contributed by atoms with Gasteiger partial charge in [0.1, 0.15) is 7.14 Å². The minimum absolute atomic E-state index is 0.0104. The molecule has 0 bridgehead atoms. The lowest BCUT2D eigenvalue weighted by Crippen LogP contribution is -2.16. The summed E-state index contributed by atoms with van der Waals surface area (Å²) < 4.78 is 57.7. The molecule has 0 amide bonds. The Morgan fingerprint density at radius 1 is 0.667 bits per heavy atom. The molecule has 1 rings (SSSR count). The minimum atomic E-state index is -3.28. The van der Waals surface area contributed by atoms with E-state index in [0.717, 1.165) is 0 Å². The van der Waals surface area contributed by atoms with Crippen LogP contribution in [0, 0.1) is 0 Å². The van der Waals surface area contributed by atoms with Crippen molar-refractivity contribution in [1.29, 1.82) is 0 Å². The summed E-state index contributed by atoms with van der Waals surface area (Å²) in [4.78, 5) is 0. The molecule has 7 nitrogen and oxygen atoms in total. The van der Waals surface area contributed by atoms with E-state index in [1.165, 1.54) is 28.4 Å². The van der Waals surface area contributed by atoms with E-state index in [9.17, 15) is 13.7 Å². The van der Waals surface area contributed by atoms with E-state index < -0.39 is 22.3 Å². The van der Waals surface area contributed by atoms with E-state index in [-0.39, 0.29) is 24.6 Å². The summed E-state index contributed by atoms with van der Waals surface area (Å²) in [6.45, 7) is 0. The molecule has 1 aromatic carbocycles. The van der Waals surface area contributed by atoms with Crippen molar-refractivity contribution in [2.24, 2.45) is 0 Å². The Labute approximate surface area is 143 Å². The van der Waals surface area contributed by atoms with Crippen molar-refractivity contribution in [3.8, 4) is 0 Å². The molecule has 24 heavy (non-hydrogen) atoms. The number of hydrogen-bond acceptors (Lipinski definition) is 7. The van der Waals surface area contributed by atoms with Gasteiger partial charge in [0.05, 0.1) is 12.3 Å². The predicted molar refractivity (Wildman–Crippen MR) is 96.4 cm³/mol. The smallest absolute Gasteiger partial charge is 0.319 e. The summed E-state index contributed by atoms with van der Waals surface area (Å²) in [5, 5.41) is 0.627. The van der Waals surface area contributed by atoms with Crippen LogP contribution in [0.5, 0.6) is 0 Å². The molecule has 0 saturated heterocycles. The molecule has 0 radical (unpaired) electrons. The largest absolute Gasteiger partial charge is 0.330 e. The van der Waals surface area contributed by atoms with E-state index in [0.29, 0.717) is 5.30 Å². The molecular formula is C14H25O7P3. The molecule has 0 aromatic heterocycles. The second kappa shape index (κ2) is 9.45. The fraction of sp³-hybridized carbons (Fsp3) is 0.571. The summed E-state index contributed by atoms with van der Waals surface area (Å²) in [6.07, 6.45) is 0.250. The molecule has 0 N–H and O–H groups in total. The van der Waals surface area contributed by atoms with E-state index in [2.05, 4.69) is 0 Å². The van der Waals surface area contributed by atoms with Crippen LogP contribution >= 0.6 is 22.3 Å². The number of benzene rings is 1. The van der Waals surface area contributed by atoms with Gasteiger partial charge in [-0.15, -0.1) is 0 Å². The Kier molecular flexibility index (Phi) is 8.58. The molecule has 0 aliphatic heterocycles. The quantitative estimate of drug-likeness (QED) is 0.526. The van der Waals surface area contributed by atoms with Crippen LogP contribution in [0.3, 0.4) is 0 Å². The van der Waals surface area contributed by atoms with Crippen LogP contribution < -0.4 is 5.30 Å². The number of rotatable bonds is 11. The molecule has 0 fully saturated rings. The van der Waals surface area contributed by atoms with E-state index >= 15 is 0 Å². The van der Waals surface area contributed by atoms with Crippen LogP contribution in [0.2, 0.25) is 0 Å². The highest BCUT2D eigenvalue weighted by molar-refractivity contribution is 7.73. The van der Waals surface area contributed by atoms with Crippen molar-refractivity contribution in [3.05, 3.63) is 30.3 Å². The molecule has 0 atom stereocenters. The first-order valence-corrected chi connectivity index (χ1v) is 12.8. The van der Waals surface area contributed by atoms with Crippen LogP contribution in [0.25, 0.3) is 0 Å². The highest BCUT2D eigenvalue weighted by Gasteiger charge is 2.33. The highest BCUT2D eigenvalue weighted by Crippen LogP contribution is 2.56. The van der Waals surface area contributed by atoms with Crippen molar-refractivity contribution in [3.63, 3.8) is 0 Å². The van der Waals surface area contributed by atoms with Crippen molar-refractivity contribution >= 4 is 27.6 Å². The lowest BCUT2D eigenvalue weighted by molar-refractivity contribution is 0.277. The van der Waals surface area contributed by atoms with E-state index in [4.69, 9.17) is 18.1 Å². The first kappa shape index (κ1) is 21.8. The Morgan fingerprint density at radius 3 is 1.38 bits per heavy atom. The third kappa shape index (κ3) is 5.93. The van der Waals surface area contributed by atoms with Crippen molar-refractivity contribution < 1.29 is 31.8 Å². The SMILES string of the molecule is COP(=O)(CCP(=O)(CCP(=O)(OC)OC)c1ccccc1)OC. The molecule has 0 unspecified atom stereocenters. The van der Waals surface area contributed by atoms with Crippen molar-refractivity contribution in [2.75, 3.05) is 53.1 Å². The fourth-order valence-corrected chi connectivity index (χ4v) is 9.18. The fourth-order valence-electron chi connectivity index (χ4n) is 2.15. The molecule has 138 valence electrons. The number of hydrogen-bond donors (Lipinski definition) is 0. The van der Waals surface area contributed by atoms with Crippen LogP contribution in [0.4, 0.5) is 0 Å². The summed E-state index contributed by atoms with van der Waals surface area (Å²) in [7, 11) is -4.37. The van der Waals surface area contributed by atoms with Gasteiger partial charge in [-0.2, -0.15) is 0 Å². The zero-order chi connectivity index (χ0) is 18.3. The van der Waals surface area contributed by atoms with Gasteiger partial charge < -0.3 is 22.7 Å². The highest BCUT2D eigenvalue weighted by atomic mass is 31.2. The maximum Gasteiger partial charge on any atom is 0.330 e. The third-order valence-electron chi connectivity index (χ3n) is 3.81. The normalized spacial score (nSPS) is 13.2. The van der Waals surface area contributed by atoms with Crippen molar-refractivity contribution in [1.82, 2.24) is 0 Å². The first-order valence-electron chi connectivity index (χ1n) is 7.31. The molecule has 1 aromatic rings. The first-order chi connectivity index (χ1) is 11.3. The van der Waals surface area contributed by atoms with Gasteiger partial charge in [-0.3, -0.25) is 9.13 Å². The predicted octanol–water partition coefficient (Wildman–Crippen LogP) is 3.65. The van der Waals surface area contributed by atoms with Crippen LogP contribution in [0.15, 0.2) is 30.3 Å². The molecule has 0 heterocycles. The Balaban J connectivity index is 3.03. The monoisotopic (exact) mass is 398 g/mol. The molecule has 0 saturated carbocycles. The summed E-state index contributed by atoms with van der Waals surface area (Å²) >= 11 is 0. The van der Waals surface area contributed by atoms with Crippen molar-refractivity contribution in [2.45, 2.75) is 0 Å². The molecule has 0 spiro atoms. The van der Waals surface area contributed by atoms with Gasteiger partial charge in [0.2, 0.25) is 0 Å². The van der Waals surface area contributed by atoms with Crippen LogP contribution in [-0.4, -0.2) is 53.1 Å². The average Bonchev–Trinajstić information content (AvgIpc) is 2.65. The lowest BCUT2D eigenvalue weighted by atomic mass is 10.4. The Hall–Kier alpha value is -0.250. The lowest BCUT2D eigenvalue weighted by Gasteiger charge is -2.22. The molecular weight excluding hydrogens is 373 g/mol. The summed E-state index contributed by atoms with van der Waals surface area (Å²) in [5.74, 6) is 0. The average molecular weight is 398 g/mol. The maximum atomic E-state index is 13.5. The zero-order valence-electron chi connectivity index (χ0n) is 14.4. The van der Waals surface area contributed by atoms with Gasteiger partial charge >= 0.3 is 15.2 Å². The van der Waals surface area contributed by atoms with Gasteiger partial charge in [0, 0.05) is 46.1 Å². The van der Waals surface area contributed by atoms with Gasteiger partial charge in [-0.05, 0) is 0 Å². The second-order valence-electron chi connectivity index (χ2n) is 5.07. The molecule has 0 aliphatic rings. The second-order valence-corrected chi connectivity index (χ2v) is 13.1. The molecule has 0 aliphatic carbocycles. The zero-order valence-corrected chi connectivity index (χ0v) is 17.1. The standard InChI is InChI=1S/C14H25O7P3/c1-18-23(16,19-2)12-10-22(15,14-8-6-5-7-9-14)11-13-24(17,20-3)21-4/h5-9H,10-13H2,1-4H3. The van der Waals surface area contributed by atoms with Crippen LogP contribution in [0.1, 0.15) is 0 Å². The Bertz CT molecular complexity index is 597. The third-order valence-corrected chi connectivity index (χ3v) is 11.4. The van der Waals surface area contributed by atoms with Gasteiger partial charge in [-0.25, -0.2) is 0 Å². The maximum absolute atomic E-state index is 13.5. The van der Waals surface area contributed by atoms with Gasteiger partial charge in [0.25, 0.3) is 0 Å². The topological polar surface area (TPSA) is 88.1 Å². The van der Waals surface area contributed by atoms with E-state index in [1.807, 2.05) is 6.07 Å². The Morgan fingerprint density at radius 2 is 1.04 bits per heavy atom. The van der Waals surface area contributed by atoms with E-state index in [1.54, 1.807) is 24.3 Å². The van der Waals surface area contributed by atoms with Gasteiger partial charge in [-0.1, -0.05) is 30.3 Å². The summed E-state index contributed by atoms with van der Waals surface area (Å²) in [6, 6.07) is 8.87. The summed E-state index contributed by atoms with van der Waals surface area (Å²) in [5.41, 5.74) is 0. The minimum Gasteiger partial charge on any atom is -0.319 e. The van der Waals surface area contributed by atoms with Crippen LogP contribution in [-0.2, 0) is 31.8 Å².